The molecule has 35 heavy (non-hydrogen) atoms. The van der Waals surface area contributed by atoms with E-state index in [2.05, 4.69) is 15.2 Å². The minimum Gasteiger partial charge on any atom is -0.496 e. The fourth-order valence-electron chi connectivity index (χ4n) is 5.75. The Hall–Kier alpha value is -3.13. The Morgan fingerprint density at radius 1 is 1.11 bits per heavy atom. The summed E-state index contributed by atoms with van der Waals surface area (Å²) in [7, 11) is 1.57. The summed E-state index contributed by atoms with van der Waals surface area (Å²) in [6.07, 6.45) is 6.79. The van der Waals surface area contributed by atoms with Gasteiger partial charge in [0, 0.05) is 31.9 Å². The lowest BCUT2D eigenvalue weighted by molar-refractivity contribution is -0.125. The van der Waals surface area contributed by atoms with E-state index in [0.717, 1.165) is 50.2 Å². The molecule has 1 aromatic heterocycles. The quantitative estimate of drug-likeness (QED) is 0.687. The number of para-hydroxylation sites is 1. The summed E-state index contributed by atoms with van der Waals surface area (Å²) in [4.78, 5) is 35.7. The van der Waals surface area contributed by atoms with Gasteiger partial charge in [0.15, 0.2) is 0 Å². The van der Waals surface area contributed by atoms with Crippen LogP contribution in [-0.4, -0.2) is 67.2 Å². The number of rotatable bonds is 6. The predicted octanol–water partition coefficient (Wildman–Crippen LogP) is 3.02. The van der Waals surface area contributed by atoms with E-state index in [1.807, 2.05) is 35.4 Å². The topological polar surface area (TPSA) is 84.0 Å². The number of carbonyl (C=O) groups excluding carboxylic acids is 2. The van der Waals surface area contributed by atoms with Crippen molar-refractivity contribution in [3.63, 3.8) is 0 Å². The molecule has 5 rings (SSSR count). The predicted molar refractivity (Wildman–Crippen MR) is 132 cm³/mol. The summed E-state index contributed by atoms with van der Waals surface area (Å²) in [6, 6.07) is 10.9. The van der Waals surface area contributed by atoms with E-state index >= 15 is 0 Å². The van der Waals surface area contributed by atoms with Crippen LogP contribution in [0.3, 0.4) is 0 Å². The molecule has 2 aromatic rings. The van der Waals surface area contributed by atoms with Gasteiger partial charge >= 0.3 is 0 Å². The van der Waals surface area contributed by atoms with E-state index in [-0.39, 0.29) is 17.9 Å². The fraction of sp³-hybridized carbons (Fsp3) is 0.519. The van der Waals surface area contributed by atoms with Crippen molar-refractivity contribution < 1.29 is 19.1 Å². The zero-order valence-electron chi connectivity index (χ0n) is 20.3. The molecule has 8 heteroatoms. The van der Waals surface area contributed by atoms with E-state index in [4.69, 9.17) is 9.47 Å². The molecular weight excluding hydrogens is 444 g/mol. The van der Waals surface area contributed by atoms with Gasteiger partial charge in [0.25, 0.3) is 5.91 Å². The molecule has 1 aliphatic carbocycles. The number of carbonyl (C=O) groups is 2. The van der Waals surface area contributed by atoms with Crippen LogP contribution in [0.5, 0.6) is 5.75 Å². The molecule has 2 saturated heterocycles. The zero-order valence-corrected chi connectivity index (χ0v) is 20.3. The Kier molecular flexibility index (Phi) is 7.18. The molecule has 3 aliphatic rings. The van der Waals surface area contributed by atoms with Gasteiger partial charge in [0.05, 0.1) is 25.9 Å². The summed E-state index contributed by atoms with van der Waals surface area (Å²) in [5.74, 6) is 1.63. The van der Waals surface area contributed by atoms with Crippen molar-refractivity contribution in [2.75, 3.05) is 38.3 Å². The van der Waals surface area contributed by atoms with Gasteiger partial charge in [0.1, 0.15) is 17.6 Å². The van der Waals surface area contributed by atoms with Crippen molar-refractivity contribution in [1.82, 2.24) is 15.2 Å². The lowest BCUT2D eigenvalue weighted by Crippen LogP contribution is -2.49. The van der Waals surface area contributed by atoms with Crippen LogP contribution in [0.2, 0.25) is 0 Å². The minimum atomic E-state index is -0.471. The maximum absolute atomic E-state index is 13.7. The molecule has 3 heterocycles. The summed E-state index contributed by atoms with van der Waals surface area (Å²) in [5, 5.41) is 3.08. The number of anilines is 1. The molecule has 0 bridgehead atoms. The number of pyridine rings is 1. The third-order valence-corrected chi connectivity index (χ3v) is 7.57. The molecule has 0 radical (unpaired) electrons. The average molecular weight is 479 g/mol. The number of nitrogens with one attached hydrogen (secondary N) is 1. The number of hydrogen-bond donors (Lipinski definition) is 1. The highest BCUT2D eigenvalue weighted by atomic mass is 16.5. The summed E-state index contributed by atoms with van der Waals surface area (Å²) >= 11 is 0. The average Bonchev–Trinajstić information content (AvgIpc) is 3.32. The summed E-state index contributed by atoms with van der Waals surface area (Å²) < 4.78 is 10.9. The molecule has 2 aliphatic heterocycles. The fourth-order valence-corrected chi connectivity index (χ4v) is 5.75. The van der Waals surface area contributed by atoms with E-state index in [0.29, 0.717) is 43.4 Å². The Morgan fingerprint density at radius 2 is 1.91 bits per heavy atom. The first-order valence-electron chi connectivity index (χ1n) is 12.7. The van der Waals surface area contributed by atoms with E-state index in [1.165, 1.54) is 0 Å². The van der Waals surface area contributed by atoms with Crippen LogP contribution in [0.15, 0.2) is 42.6 Å². The van der Waals surface area contributed by atoms with Crippen LogP contribution in [0.1, 0.15) is 48.0 Å². The highest BCUT2D eigenvalue weighted by Gasteiger charge is 2.47. The lowest BCUT2D eigenvalue weighted by Gasteiger charge is -2.34. The van der Waals surface area contributed by atoms with E-state index in [9.17, 15) is 9.59 Å². The normalized spacial score (nSPS) is 24.1. The van der Waals surface area contributed by atoms with Gasteiger partial charge in [-0.15, -0.1) is 0 Å². The van der Waals surface area contributed by atoms with Crippen molar-refractivity contribution in [1.29, 1.82) is 0 Å². The first-order chi connectivity index (χ1) is 17.2. The zero-order chi connectivity index (χ0) is 24.2. The van der Waals surface area contributed by atoms with Crippen LogP contribution in [0.25, 0.3) is 0 Å². The highest BCUT2D eigenvalue weighted by Crippen LogP contribution is 2.41. The van der Waals surface area contributed by atoms with Crippen LogP contribution < -0.4 is 15.0 Å². The van der Waals surface area contributed by atoms with Crippen LogP contribution >= 0.6 is 0 Å². The molecule has 0 unspecified atom stereocenters. The molecule has 3 fully saturated rings. The number of amides is 2. The largest absolute Gasteiger partial charge is 0.496 e. The Morgan fingerprint density at radius 3 is 2.69 bits per heavy atom. The molecule has 8 nitrogen and oxygen atoms in total. The molecule has 186 valence electrons. The number of morpholine rings is 1. The maximum atomic E-state index is 13.7. The molecule has 2 amide bonds. The number of benzene rings is 1. The summed E-state index contributed by atoms with van der Waals surface area (Å²) in [6.45, 7) is 3.49. The third kappa shape index (κ3) is 4.98. The van der Waals surface area contributed by atoms with Gasteiger partial charge in [-0.3, -0.25) is 9.59 Å². The lowest BCUT2D eigenvalue weighted by atomic mass is 9.84. The first kappa shape index (κ1) is 23.6. The van der Waals surface area contributed by atoms with Crippen LogP contribution in [0, 0.1) is 5.92 Å². The number of likely N-dealkylation sites (tertiary alicyclic amines) is 1. The number of methoxy groups -OCH3 is 1. The van der Waals surface area contributed by atoms with E-state index < -0.39 is 6.04 Å². The van der Waals surface area contributed by atoms with Crippen molar-refractivity contribution in [2.45, 2.75) is 50.7 Å². The number of aromatic nitrogens is 1. The second kappa shape index (κ2) is 10.6. The Bertz CT molecular complexity index is 1040. The molecule has 3 atom stereocenters. The molecular formula is C27H34N4O4. The van der Waals surface area contributed by atoms with Crippen LogP contribution in [0.4, 0.5) is 5.82 Å². The third-order valence-electron chi connectivity index (χ3n) is 7.57. The second-order valence-corrected chi connectivity index (χ2v) is 9.62. The standard InChI is InChI=1S/C27H34N4O4/c1-34-24-9-5-3-7-21(24)27(33)31-22-8-4-2-6-20(22)16-23(31)26(32)29-18-19-10-11-25(28-17-19)30-12-14-35-15-13-30/h3,5,7,9-11,17,20,22-23H,2,4,6,8,12-16,18H2,1H3,(H,29,32)/t20-,22+,23-/m0/s1. The Balaban J connectivity index is 1.28. The van der Waals surface area contributed by atoms with Crippen molar-refractivity contribution in [3.8, 4) is 5.75 Å². The summed E-state index contributed by atoms with van der Waals surface area (Å²) in [5.41, 5.74) is 1.45. The highest BCUT2D eigenvalue weighted by molar-refractivity contribution is 6.00. The van der Waals surface area contributed by atoms with Gasteiger partial charge < -0.3 is 24.6 Å². The van der Waals surface area contributed by atoms with Crippen molar-refractivity contribution >= 4 is 17.6 Å². The van der Waals surface area contributed by atoms with Gasteiger partial charge in [-0.05, 0) is 48.9 Å². The SMILES string of the molecule is COc1ccccc1C(=O)N1[C@@H]2CCCC[C@H]2C[C@H]1C(=O)NCc1ccc(N2CCOCC2)nc1. The molecule has 1 N–H and O–H groups in total. The molecule has 1 aromatic carbocycles. The van der Waals surface area contributed by atoms with Gasteiger partial charge in [0.2, 0.25) is 5.91 Å². The van der Waals surface area contributed by atoms with E-state index in [1.54, 1.807) is 19.2 Å². The number of nitrogens with zero attached hydrogens (tertiary/aromatic N) is 3. The minimum absolute atomic E-state index is 0.0973. The smallest absolute Gasteiger partial charge is 0.258 e. The van der Waals surface area contributed by atoms with Crippen molar-refractivity contribution in [2.24, 2.45) is 5.92 Å². The number of fused-ring (bicyclic) bond motifs is 1. The van der Waals surface area contributed by atoms with Gasteiger partial charge in [-0.2, -0.15) is 0 Å². The van der Waals surface area contributed by atoms with Crippen LogP contribution in [-0.2, 0) is 16.1 Å². The maximum Gasteiger partial charge on any atom is 0.258 e. The number of hydrogen-bond acceptors (Lipinski definition) is 6. The second-order valence-electron chi connectivity index (χ2n) is 9.62. The molecule has 1 saturated carbocycles. The monoisotopic (exact) mass is 478 g/mol. The first-order valence-corrected chi connectivity index (χ1v) is 12.7. The Labute approximate surface area is 206 Å². The van der Waals surface area contributed by atoms with Gasteiger partial charge in [-0.25, -0.2) is 4.98 Å². The van der Waals surface area contributed by atoms with Gasteiger partial charge in [-0.1, -0.05) is 31.0 Å². The molecule has 0 spiro atoms. The van der Waals surface area contributed by atoms with Crippen molar-refractivity contribution in [3.05, 3.63) is 53.7 Å². The number of ether oxygens (including phenoxy) is 2.